The average Bonchev–Trinajstić information content (AvgIpc) is 2.44. The second kappa shape index (κ2) is 4.27. The van der Waals surface area contributed by atoms with Crippen molar-refractivity contribution in [2.24, 2.45) is 0 Å². The van der Waals surface area contributed by atoms with Crippen LogP contribution in [0.4, 0.5) is 19.0 Å². The number of nitrogen functional groups attached to an aromatic ring is 1. The number of nitrogens with zero attached hydrogens (tertiary/aromatic N) is 3. The van der Waals surface area contributed by atoms with Gasteiger partial charge in [-0.2, -0.15) is 0 Å². The second-order valence-corrected chi connectivity index (χ2v) is 2.55. The zero-order chi connectivity index (χ0) is 10.6. The van der Waals surface area contributed by atoms with Crippen LogP contribution in [0.1, 0.15) is 6.42 Å². The highest BCUT2D eigenvalue weighted by atomic mass is 19.4. The molecule has 1 rings (SSSR count). The molecule has 0 aromatic carbocycles. The SMILES string of the molecule is Nc1cn(CCCOC(F)(F)F)nn1. The highest BCUT2D eigenvalue weighted by molar-refractivity contribution is 5.19. The molecule has 1 aromatic heterocycles. The van der Waals surface area contributed by atoms with Gasteiger partial charge in [0.1, 0.15) is 0 Å². The van der Waals surface area contributed by atoms with Crippen LogP contribution in [0.15, 0.2) is 6.20 Å². The van der Waals surface area contributed by atoms with Gasteiger partial charge in [-0.15, -0.1) is 18.3 Å². The Morgan fingerprint density at radius 1 is 1.50 bits per heavy atom. The van der Waals surface area contributed by atoms with E-state index in [-0.39, 0.29) is 12.2 Å². The molecule has 0 saturated carbocycles. The third-order valence-corrected chi connectivity index (χ3v) is 1.35. The van der Waals surface area contributed by atoms with Crippen LogP contribution in [-0.4, -0.2) is 28.0 Å². The smallest absolute Gasteiger partial charge is 0.381 e. The molecule has 5 nitrogen and oxygen atoms in total. The van der Waals surface area contributed by atoms with Crippen molar-refractivity contribution >= 4 is 5.82 Å². The minimum atomic E-state index is -4.57. The van der Waals surface area contributed by atoms with Crippen LogP contribution in [0.5, 0.6) is 0 Å². The third kappa shape index (κ3) is 4.08. The zero-order valence-electron chi connectivity index (χ0n) is 7.16. The lowest BCUT2D eigenvalue weighted by atomic mass is 10.4. The zero-order valence-corrected chi connectivity index (χ0v) is 7.16. The van der Waals surface area contributed by atoms with Gasteiger partial charge in [0.15, 0.2) is 5.82 Å². The second-order valence-electron chi connectivity index (χ2n) is 2.55. The topological polar surface area (TPSA) is 66.0 Å². The van der Waals surface area contributed by atoms with E-state index in [2.05, 4.69) is 15.0 Å². The first-order valence-corrected chi connectivity index (χ1v) is 3.84. The minimum absolute atomic E-state index is 0.197. The van der Waals surface area contributed by atoms with Gasteiger partial charge in [-0.3, -0.25) is 9.42 Å². The van der Waals surface area contributed by atoms with Crippen molar-refractivity contribution in [2.45, 2.75) is 19.3 Å². The molecular weight excluding hydrogens is 201 g/mol. The van der Waals surface area contributed by atoms with Crippen molar-refractivity contribution in [3.8, 4) is 0 Å². The Hall–Kier alpha value is -1.31. The van der Waals surface area contributed by atoms with Crippen LogP contribution >= 0.6 is 0 Å². The van der Waals surface area contributed by atoms with Gasteiger partial charge >= 0.3 is 6.36 Å². The summed E-state index contributed by atoms with van der Waals surface area (Å²) in [6.45, 7) is -0.108. The van der Waals surface area contributed by atoms with Gasteiger partial charge in [-0.1, -0.05) is 5.21 Å². The Morgan fingerprint density at radius 2 is 2.21 bits per heavy atom. The molecule has 80 valence electrons. The van der Waals surface area contributed by atoms with E-state index in [9.17, 15) is 13.2 Å². The molecular formula is C6H9F3N4O. The molecule has 0 radical (unpaired) electrons. The normalized spacial score (nSPS) is 11.9. The van der Waals surface area contributed by atoms with Crippen molar-refractivity contribution in [2.75, 3.05) is 12.3 Å². The average molecular weight is 210 g/mol. The molecule has 0 aliphatic heterocycles. The van der Waals surface area contributed by atoms with Crippen LogP contribution < -0.4 is 5.73 Å². The number of anilines is 1. The first-order chi connectivity index (χ1) is 6.47. The van der Waals surface area contributed by atoms with Crippen LogP contribution in [-0.2, 0) is 11.3 Å². The summed E-state index contributed by atoms with van der Waals surface area (Å²) in [5.74, 6) is 0.238. The quantitative estimate of drug-likeness (QED) is 0.746. The molecule has 0 aliphatic carbocycles. The molecule has 2 N–H and O–H groups in total. The molecule has 0 unspecified atom stereocenters. The fraction of sp³-hybridized carbons (Fsp3) is 0.667. The number of ether oxygens (including phenoxy) is 1. The Balaban J connectivity index is 2.16. The minimum Gasteiger partial charge on any atom is -0.381 e. The van der Waals surface area contributed by atoms with E-state index in [4.69, 9.17) is 5.73 Å². The molecule has 0 aliphatic rings. The number of alkyl halides is 3. The summed E-state index contributed by atoms with van der Waals surface area (Å²) < 4.78 is 39.4. The summed E-state index contributed by atoms with van der Waals surface area (Å²) >= 11 is 0. The number of rotatable bonds is 4. The molecule has 1 aromatic rings. The third-order valence-electron chi connectivity index (χ3n) is 1.35. The molecule has 0 fully saturated rings. The summed E-state index contributed by atoms with van der Waals surface area (Å²) in [4.78, 5) is 0. The van der Waals surface area contributed by atoms with Crippen LogP contribution in [0.3, 0.4) is 0 Å². The van der Waals surface area contributed by atoms with Gasteiger partial charge in [0, 0.05) is 6.54 Å². The lowest BCUT2D eigenvalue weighted by molar-refractivity contribution is -0.324. The van der Waals surface area contributed by atoms with E-state index in [1.807, 2.05) is 0 Å². The van der Waals surface area contributed by atoms with Crippen LogP contribution in [0.25, 0.3) is 0 Å². The predicted molar refractivity (Wildman–Crippen MR) is 41.1 cm³/mol. The maximum atomic E-state index is 11.5. The van der Waals surface area contributed by atoms with Gasteiger partial charge in [0.05, 0.1) is 12.8 Å². The van der Waals surface area contributed by atoms with Crippen molar-refractivity contribution in [1.82, 2.24) is 15.0 Å². The number of hydrogen-bond acceptors (Lipinski definition) is 4. The van der Waals surface area contributed by atoms with Crippen LogP contribution in [0.2, 0.25) is 0 Å². The lowest BCUT2D eigenvalue weighted by Gasteiger charge is -2.06. The van der Waals surface area contributed by atoms with Crippen molar-refractivity contribution < 1.29 is 17.9 Å². The van der Waals surface area contributed by atoms with Gasteiger partial charge in [0.2, 0.25) is 0 Å². The molecule has 1 heterocycles. The summed E-state index contributed by atoms with van der Waals surface area (Å²) in [6, 6.07) is 0. The maximum Gasteiger partial charge on any atom is 0.522 e. The number of halogens is 3. The Morgan fingerprint density at radius 3 is 2.71 bits per heavy atom. The highest BCUT2D eigenvalue weighted by Gasteiger charge is 2.28. The maximum absolute atomic E-state index is 11.5. The summed E-state index contributed by atoms with van der Waals surface area (Å²) in [6.07, 6.45) is -2.93. The molecule has 0 bridgehead atoms. The Labute approximate surface area is 77.6 Å². The number of aryl methyl sites for hydroxylation is 1. The van der Waals surface area contributed by atoms with E-state index in [0.29, 0.717) is 6.54 Å². The fourth-order valence-electron chi connectivity index (χ4n) is 0.837. The number of hydrogen-bond donors (Lipinski definition) is 1. The number of nitrogens with two attached hydrogens (primary N) is 1. The van der Waals surface area contributed by atoms with Crippen LogP contribution in [0, 0.1) is 0 Å². The largest absolute Gasteiger partial charge is 0.522 e. The predicted octanol–water partition coefficient (Wildman–Crippen LogP) is 0.787. The van der Waals surface area contributed by atoms with Crippen molar-refractivity contribution in [3.05, 3.63) is 6.20 Å². The van der Waals surface area contributed by atoms with E-state index in [0.717, 1.165) is 0 Å². The standard InChI is InChI=1S/C6H9F3N4O/c7-6(8,9)14-3-1-2-13-4-5(10)11-12-13/h4H,1-3,10H2. The Kier molecular flexibility index (Phi) is 3.28. The number of aromatic nitrogens is 3. The molecule has 14 heavy (non-hydrogen) atoms. The van der Waals surface area contributed by atoms with E-state index in [1.54, 1.807) is 0 Å². The van der Waals surface area contributed by atoms with Gasteiger partial charge in [0.25, 0.3) is 0 Å². The van der Waals surface area contributed by atoms with Crippen molar-refractivity contribution in [1.29, 1.82) is 0 Å². The molecule has 8 heteroatoms. The van der Waals surface area contributed by atoms with Gasteiger partial charge in [-0.25, -0.2) is 0 Å². The van der Waals surface area contributed by atoms with Gasteiger partial charge in [-0.05, 0) is 6.42 Å². The molecule has 0 saturated heterocycles. The summed E-state index contributed by atoms with van der Waals surface area (Å²) in [5, 5.41) is 7.03. The molecule has 0 amide bonds. The first kappa shape index (κ1) is 10.8. The lowest BCUT2D eigenvalue weighted by Crippen LogP contribution is -2.15. The summed E-state index contributed by atoms with van der Waals surface area (Å²) in [5.41, 5.74) is 5.25. The summed E-state index contributed by atoms with van der Waals surface area (Å²) in [7, 11) is 0. The van der Waals surface area contributed by atoms with Crippen molar-refractivity contribution in [3.63, 3.8) is 0 Å². The Bertz CT molecular complexity index is 285. The molecule has 0 spiro atoms. The van der Waals surface area contributed by atoms with Gasteiger partial charge < -0.3 is 5.73 Å². The monoisotopic (exact) mass is 210 g/mol. The first-order valence-electron chi connectivity index (χ1n) is 3.84. The fourth-order valence-corrected chi connectivity index (χ4v) is 0.837. The van der Waals surface area contributed by atoms with E-state index in [1.165, 1.54) is 10.9 Å². The molecule has 0 atom stereocenters. The van der Waals surface area contributed by atoms with E-state index < -0.39 is 13.0 Å². The van der Waals surface area contributed by atoms with E-state index >= 15 is 0 Å². The highest BCUT2D eigenvalue weighted by Crippen LogP contribution is 2.16.